The molecule has 1 aromatic heterocycles. The molecule has 4 rings (SSSR count). The second-order valence-corrected chi connectivity index (χ2v) is 7.18. The maximum atomic E-state index is 12.8. The highest BCUT2D eigenvalue weighted by molar-refractivity contribution is 5.97. The van der Waals surface area contributed by atoms with Crippen LogP contribution in [-0.2, 0) is 0 Å². The Morgan fingerprint density at radius 1 is 1.10 bits per heavy atom. The van der Waals surface area contributed by atoms with E-state index in [0.29, 0.717) is 19.5 Å². The third-order valence-corrected chi connectivity index (χ3v) is 5.34. The number of H-pyrrole nitrogens is 1. The number of aryl methyl sites for hydroxylation is 1. The molecular weight excluding hydrogens is 388 g/mol. The Labute approximate surface area is 170 Å². The molecule has 0 fully saturated rings. The van der Waals surface area contributed by atoms with Crippen LogP contribution >= 0.6 is 0 Å². The quantitative estimate of drug-likeness (QED) is 0.513. The van der Waals surface area contributed by atoms with Crippen molar-refractivity contribution >= 4 is 33.8 Å². The molecule has 9 heteroatoms. The molecular formula is C21H18N4O5. The van der Waals surface area contributed by atoms with Gasteiger partial charge in [-0.1, -0.05) is 24.3 Å². The Bertz CT molecular complexity index is 1200. The van der Waals surface area contributed by atoms with Crippen LogP contribution in [0.15, 0.2) is 48.7 Å². The number of rotatable bonds is 4. The number of carbonyl (C=O) groups is 1. The maximum Gasteiger partial charge on any atom is 0.277 e. The number of nitro benzene ring substituents is 2. The molecule has 0 aliphatic carbocycles. The molecule has 30 heavy (non-hydrogen) atoms. The number of fused-ring (bicyclic) bond motifs is 1. The van der Waals surface area contributed by atoms with Crippen LogP contribution in [0, 0.1) is 27.2 Å². The normalized spacial score (nSPS) is 13.9. The molecule has 0 bridgehead atoms. The van der Waals surface area contributed by atoms with Crippen LogP contribution in [-0.4, -0.2) is 38.7 Å². The van der Waals surface area contributed by atoms with Crippen molar-refractivity contribution in [2.45, 2.75) is 13.3 Å². The minimum absolute atomic E-state index is 0.0598. The first-order valence-electron chi connectivity index (χ1n) is 9.34. The van der Waals surface area contributed by atoms with Crippen LogP contribution in [0.3, 0.4) is 0 Å². The molecule has 0 unspecified atom stereocenters. The molecule has 1 aliphatic heterocycles. The smallest absolute Gasteiger partial charge is 0.277 e. The number of non-ortho nitro benzene ring substituents is 2. The van der Waals surface area contributed by atoms with E-state index in [1.54, 1.807) is 0 Å². The number of amides is 1. The molecule has 1 aliphatic rings. The topological polar surface area (TPSA) is 122 Å². The molecule has 2 heterocycles. The number of aromatic amines is 1. The zero-order valence-corrected chi connectivity index (χ0v) is 16.1. The average molecular weight is 406 g/mol. The number of nitrogens with one attached hydrogen (secondary N) is 1. The third-order valence-electron chi connectivity index (χ3n) is 5.34. The van der Waals surface area contributed by atoms with Gasteiger partial charge in [0.25, 0.3) is 17.3 Å². The zero-order chi connectivity index (χ0) is 21.4. The predicted molar refractivity (Wildman–Crippen MR) is 111 cm³/mol. The summed E-state index contributed by atoms with van der Waals surface area (Å²) in [6, 6.07) is 9.10. The molecule has 0 radical (unpaired) electrons. The lowest BCUT2D eigenvalue weighted by atomic mass is 9.97. The van der Waals surface area contributed by atoms with E-state index >= 15 is 0 Å². The summed E-state index contributed by atoms with van der Waals surface area (Å²) in [5.41, 5.74) is 3.42. The van der Waals surface area contributed by atoms with E-state index < -0.39 is 27.1 Å². The van der Waals surface area contributed by atoms with E-state index in [1.807, 2.05) is 31.3 Å². The summed E-state index contributed by atoms with van der Waals surface area (Å²) in [7, 11) is 0. The van der Waals surface area contributed by atoms with E-state index in [1.165, 1.54) is 4.90 Å². The van der Waals surface area contributed by atoms with Crippen LogP contribution in [0.1, 0.15) is 27.9 Å². The van der Waals surface area contributed by atoms with E-state index in [0.717, 1.165) is 45.8 Å². The van der Waals surface area contributed by atoms with Crippen molar-refractivity contribution in [1.29, 1.82) is 0 Å². The van der Waals surface area contributed by atoms with Gasteiger partial charge in [0.1, 0.15) is 0 Å². The lowest BCUT2D eigenvalue weighted by Crippen LogP contribution is -2.34. The van der Waals surface area contributed by atoms with Crippen molar-refractivity contribution in [2.24, 2.45) is 0 Å². The monoisotopic (exact) mass is 406 g/mol. The largest absolute Gasteiger partial charge is 0.360 e. The van der Waals surface area contributed by atoms with E-state index in [2.05, 4.69) is 11.1 Å². The van der Waals surface area contributed by atoms with Gasteiger partial charge in [-0.3, -0.25) is 25.0 Å². The number of aromatic nitrogens is 1. The summed E-state index contributed by atoms with van der Waals surface area (Å²) >= 11 is 0. The molecule has 0 saturated carbocycles. The number of hydrogen-bond donors (Lipinski definition) is 1. The van der Waals surface area contributed by atoms with E-state index in [-0.39, 0.29) is 5.56 Å². The fraction of sp³-hybridized carbons (Fsp3) is 0.190. The van der Waals surface area contributed by atoms with Crippen molar-refractivity contribution in [3.63, 3.8) is 0 Å². The number of nitro groups is 2. The lowest BCUT2D eigenvalue weighted by Gasteiger charge is -2.26. The molecule has 9 nitrogen and oxygen atoms in total. The highest BCUT2D eigenvalue weighted by atomic mass is 16.6. The van der Waals surface area contributed by atoms with Crippen LogP contribution < -0.4 is 0 Å². The van der Waals surface area contributed by atoms with Gasteiger partial charge in [0.15, 0.2) is 0 Å². The lowest BCUT2D eigenvalue weighted by molar-refractivity contribution is -0.394. The Hall–Kier alpha value is -4.01. The van der Waals surface area contributed by atoms with Gasteiger partial charge < -0.3 is 9.88 Å². The van der Waals surface area contributed by atoms with Crippen molar-refractivity contribution in [1.82, 2.24) is 9.88 Å². The van der Waals surface area contributed by atoms with Gasteiger partial charge >= 0.3 is 0 Å². The summed E-state index contributed by atoms with van der Waals surface area (Å²) in [4.78, 5) is 38.4. The summed E-state index contributed by atoms with van der Waals surface area (Å²) in [5.74, 6) is -0.466. The van der Waals surface area contributed by atoms with Gasteiger partial charge in [0.05, 0.1) is 21.5 Å². The first-order valence-corrected chi connectivity index (χ1v) is 9.34. The van der Waals surface area contributed by atoms with Crippen LogP contribution in [0.5, 0.6) is 0 Å². The summed E-state index contributed by atoms with van der Waals surface area (Å²) in [6.07, 6.45) is 4.53. The van der Waals surface area contributed by atoms with Crippen molar-refractivity contribution in [3.05, 3.63) is 85.6 Å². The Morgan fingerprint density at radius 2 is 1.80 bits per heavy atom. The molecule has 0 saturated heterocycles. The second-order valence-electron chi connectivity index (χ2n) is 7.18. The minimum atomic E-state index is -0.739. The van der Waals surface area contributed by atoms with Crippen LogP contribution in [0.25, 0.3) is 16.5 Å². The Morgan fingerprint density at radius 3 is 2.40 bits per heavy atom. The van der Waals surface area contributed by atoms with Gasteiger partial charge in [-0.15, -0.1) is 0 Å². The minimum Gasteiger partial charge on any atom is -0.360 e. The molecule has 152 valence electrons. The summed E-state index contributed by atoms with van der Waals surface area (Å²) < 4.78 is 0. The van der Waals surface area contributed by atoms with Gasteiger partial charge in [-0.05, 0) is 24.5 Å². The van der Waals surface area contributed by atoms with Crippen molar-refractivity contribution < 1.29 is 14.6 Å². The van der Waals surface area contributed by atoms with Crippen molar-refractivity contribution in [3.8, 4) is 0 Å². The maximum absolute atomic E-state index is 12.8. The average Bonchev–Trinajstić information content (AvgIpc) is 3.18. The zero-order valence-electron chi connectivity index (χ0n) is 16.1. The molecule has 3 aromatic rings. The molecule has 1 N–H and O–H groups in total. The fourth-order valence-corrected chi connectivity index (χ4v) is 3.78. The second kappa shape index (κ2) is 7.43. The van der Waals surface area contributed by atoms with E-state index in [4.69, 9.17) is 0 Å². The van der Waals surface area contributed by atoms with Crippen LogP contribution in [0.4, 0.5) is 11.4 Å². The molecule has 1 amide bonds. The third kappa shape index (κ3) is 3.41. The highest BCUT2D eigenvalue weighted by Gasteiger charge is 2.25. The summed E-state index contributed by atoms with van der Waals surface area (Å²) in [6.45, 7) is 2.78. The Kier molecular flexibility index (Phi) is 4.78. The number of nitrogens with zero attached hydrogens (tertiary/aromatic N) is 3. The van der Waals surface area contributed by atoms with E-state index in [9.17, 15) is 25.0 Å². The highest BCUT2D eigenvalue weighted by Crippen LogP contribution is 2.31. The predicted octanol–water partition coefficient (Wildman–Crippen LogP) is 4.22. The van der Waals surface area contributed by atoms with Crippen LogP contribution in [0.2, 0.25) is 0 Å². The van der Waals surface area contributed by atoms with Crippen molar-refractivity contribution in [2.75, 3.05) is 13.1 Å². The van der Waals surface area contributed by atoms with Gasteiger partial charge in [-0.25, -0.2) is 0 Å². The standard InChI is InChI=1S/C21H18N4O5/c1-13-3-2-4-18-19(12-22-20(13)18)14-5-7-23(8-6-14)21(26)15-9-16(24(27)28)11-17(10-15)25(29)30/h2-5,9-12,22H,6-8H2,1H3. The number of carbonyl (C=O) groups excluding carboxylic acids is 1. The number of benzene rings is 2. The fourth-order valence-electron chi connectivity index (χ4n) is 3.78. The number of hydrogen-bond acceptors (Lipinski definition) is 5. The molecule has 2 aromatic carbocycles. The summed E-state index contributed by atoms with van der Waals surface area (Å²) in [5, 5.41) is 23.3. The molecule has 0 spiro atoms. The SMILES string of the molecule is Cc1cccc2c(C3=CCN(C(=O)c4cc([N+](=O)[O-])cc([N+](=O)[O-])c4)CC3)c[nH]c12. The first-order chi connectivity index (χ1) is 14.3. The molecule has 0 atom stereocenters. The van der Waals surface area contributed by atoms with Gasteiger partial charge in [0.2, 0.25) is 0 Å². The van der Waals surface area contributed by atoms with Gasteiger partial charge in [-0.2, -0.15) is 0 Å². The first kappa shape index (κ1) is 19.3. The van der Waals surface area contributed by atoms with Gasteiger partial charge in [0, 0.05) is 47.9 Å². The Balaban J connectivity index is 1.60. The number of para-hydroxylation sites is 1.